The molecule has 0 radical (unpaired) electrons. The summed E-state index contributed by atoms with van der Waals surface area (Å²) < 4.78 is 16.7. The van der Waals surface area contributed by atoms with Crippen molar-refractivity contribution in [3.05, 3.63) is 52.2 Å². The molecular formula is C16H20N2O4S. The van der Waals surface area contributed by atoms with E-state index in [2.05, 4.69) is 4.98 Å². The van der Waals surface area contributed by atoms with Crippen LogP contribution in [-0.2, 0) is 22.0 Å². The normalized spacial score (nSPS) is 10.7. The molecule has 23 heavy (non-hydrogen) atoms. The van der Waals surface area contributed by atoms with E-state index >= 15 is 0 Å². The largest absolute Gasteiger partial charge is 0.462 e. The molecule has 2 aromatic rings. The van der Waals surface area contributed by atoms with Crippen molar-refractivity contribution in [2.24, 2.45) is 0 Å². The Morgan fingerprint density at radius 1 is 1.26 bits per heavy atom. The van der Waals surface area contributed by atoms with E-state index in [4.69, 9.17) is 14.2 Å². The Hall–Kier alpha value is -1.83. The van der Waals surface area contributed by atoms with Crippen molar-refractivity contribution < 1.29 is 14.2 Å². The minimum absolute atomic E-state index is 0.0237. The number of aryl methyl sites for hydroxylation is 1. The van der Waals surface area contributed by atoms with E-state index in [1.807, 2.05) is 25.3 Å². The molecule has 0 fully saturated rings. The van der Waals surface area contributed by atoms with E-state index in [0.29, 0.717) is 5.75 Å². The summed E-state index contributed by atoms with van der Waals surface area (Å²) in [6.45, 7) is 2.19. The molecule has 6 nitrogen and oxygen atoms in total. The summed E-state index contributed by atoms with van der Waals surface area (Å²) >= 11 is 1.58. The van der Waals surface area contributed by atoms with E-state index in [1.54, 1.807) is 24.0 Å². The predicted octanol–water partition coefficient (Wildman–Crippen LogP) is 2.43. The number of ether oxygens (including phenoxy) is 3. The van der Waals surface area contributed by atoms with E-state index in [1.165, 1.54) is 18.8 Å². The van der Waals surface area contributed by atoms with Gasteiger partial charge < -0.3 is 14.2 Å². The van der Waals surface area contributed by atoms with Crippen LogP contribution in [0.15, 0.2) is 40.3 Å². The first-order valence-electron chi connectivity index (χ1n) is 7.03. The van der Waals surface area contributed by atoms with Gasteiger partial charge in [0, 0.05) is 43.3 Å². The van der Waals surface area contributed by atoms with Crippen molar-refractivity contribution in [2.45, 2.75) is 24.3 Å². The van der Waals surface area contributed by atoms with Crippen LogP contribution in [0, 0.1) is 6.92 Å². The molecule has 0 unspecified atom stereocenters. The summed E-state index contributed by atoms with van der Waals surface area (Å²) in [5.74, 6) is 0.945. The van der Waals surface area contributed by atoms with Crippen molar-refractivity contribution in [1.29, 1.82) is 0 Å². The van der Waals surface area contributed by atoms with Crippen LogP contribution in [0.2, 0.25) is 0 Å². The van der Waals surface area contributed by atoms with Gasteiger partial charge in [-0.25, -0.2) is 0 Å². The van der Waals surface area contributed by atoms with Crippen LogP contribution in [0.25, 0.3) is 0 Å². The number of methoxy groups -OCH3 is 2. The van der Waals surface area contributed by atoms with E-state index in [9.17, 15) is 4.79 Å². The molecule has 0 amide bonds. The van der Waals surface area contributed by atoms with Crippen LogP contribution in [-0.4, -0.2) is 30.6 Å². The monoisotopic (exact) mass is 336 g/mol. The summed E-state index contributed by atoms with van der Waals surface area (Å²) in [7, 11) is 3.05. The van der Waals surface area contributed by atoms with Crippen LogP contribution in [0.4, 0.5) is 0 Å². The minimum atomic E-state index is -0.248. The Morgan fingerprint density at radius 3 is 2.74 bits per heavy atom. The molecule has 0 saturated carbocycles. The fraction of sp³-hybridized carbons (Fsp3) is 0.375. The Kier molecular flexibility index (Phi) is 6.64. The highest BCUT2D eigenvalue weighted by Gasteiger charge is 2.09. The first-order valence-corrected chi connectivity index (χ1v) is 8.02. The third-order valence-corrected chi connectivity index (χ3v) is 3.98. The summed E-state index contributed by atoms with van der Waals surface area (Å²) in [6.07, 6.45) is 3.60. The molecule has 0 aliphatic carbocycles. The maximum Gasteiger partial charge on any atom is 0.294 e. The molecule has 0 spiro atoms. The van der Waals surface area contributed by atoms with Gasteiger partial charge in [0.05, 0.1) is 5.69 Å². The lowest BCUT2D eigenvalue weighted by Crippen LogP contribution is -2.23. The molecule has 2 rings (SSSR count). The Balaban J connectivity index is 2.17. The molecule has 0 aliphatic rings. The summed E-state index contributed by atoms with van der Waals surface area (Å²) in [6, 6.07) is 5.74. The van der Waals surface area contributed by atoms with Gasteiger partial charge >= 0.3 is 0 Å². The molecule has 2 aromatic heterocycles. The van der Waals surface area contributed by atoms with E-state index in [0.717, 1.165) is 16.2 Å². The third kappa shape index (κ3) is 5.09. The average molecular weight is 336 g/mol. The van der Waals surface area contributed by atoms with Crippen LogP contribution >= 0.6 is 11.8 Å². The Bertz CT molecular complexity index is 685. The molecule has 0 atom stereocenters. The van der Waals surface area contributed by atoms with Crippen LogP contribution in [0.5, 0.6) is 5.75 Å². The number of pyridine rings is 2. The number of thioether (sulfide) groups is 1. The van der Waals surface area contributed by atoms with Crippen LogP contribution < -0.4 is 10.3 Å². The van der Waals surface area contributed by atoms with Crippen LogP contribution in [0.1, 0.15) is 11.3 Å². The fourth-order valence-corrected chi connectivity index (χ4v) is 2.74. The topological polar surface area (TPSA) is 62.6 Å². The van der Waals surface area contributed by atoms with Gasteiger partial charge in [0.15, 0.2) is 12.5 Å². The van der Waals surface area contributed by atoms with Gasteiger partial charge in [0.2, 0.25) is 0 Å². The van der Waals surface area contributed by atoms with Crippen molar-refractivity contribution in [2.75, 3.05) is 21.0 Å². The zero-order chi connectivity index (χ0) is 16.7. The van der Waals surface area contributed by atoms with E-state index < -0.39 is 0 Å². The van der Waals surface area contributed by atoms with Gasteiger partial charge in [0.25, 0.3) is 5.56 Å². The van der Waals surface area contributed by atoms with Gasteiger partial charge in [-0.1, -0.05) is 6.07 Å². The molecule has 0 saturated heterocycles. The highest BCUT2D eigenvalue weighted by atomic mass is 32.2. The molecule has 7 heteroatoms. The standard InChI is InChI=1S/C16H20N2O4S/c1-12-4-5-13(17-7-12)9-23-14-6-15(22-11-21-3)16(19)18(8-14)10-20-2/h4-8H,9-11H2,1-3H3. The quantitative estimate of drug-likeness (QED) is 0.545. The van der Waals surface area contributed by atoms with Gasteiger partial charge in [-0.05, 0) is 18.6 Å². The van der Waals surface area contributed by atoms with Gasteiger partial charge in [-0.2, -0.15) is 0 Å². The minimum Gasteiger partial charge on any atom is -0.462 e. The summed E-state index contributed by atoms with van der Waals surface area (Å²) in [5.41, 5.74) is 1.86. The molecule has 0 bridgehead atoms. The van der Waals surface area contributed by atoms with Crippen molar-refractivity contribution in [3.8, 4) is 5.75 Å². The average Bonchev–Trinajstić information content (AvgIpc) is 2.55. The first-order chi connectivity index (χ1) is 11.1. The number of hydrogen-bond donors (Lipinski definition) is 0. The maximum atomic E-state index is 12.2. The highest BCUT2D eigenvalue weighted by molar-refractivity contribution is 7.98. The SMILES string of the molecule is COCOc1cc(SCc2ccc(C)cn2)cn(COC)c1=O. The van der Waals surface area contributed by atoms with Crippen molar-refractivity contribution in [1.82, 2.24) is 9.55 Å². The lowest BCUT2D eigenvalue weighted by Gasteiger charge is -2.11. The van der Waals surface area contributed by atoms with E-state index in [-0.39, 0.29) is 24.8 Å². The van der Waals surface area contributed by atoms with Crippen molar-refractivity contribution >= 4 is 11.8 Å². The molecule has 2 heterocycles. The molecule has 0 N–H and O–H groups in total. The molecule has 0 aromatic carbocycles. The Morgan fingerprint density at radius 2 is 2.09 bits per heavy atom. The lowest BCUT2D eigenvalue weighted by atomic mass is 10.3. The number of hydrogen-bond acceptors (Lipinski definition) is 6. The summed E-state index contributed by atoms with van der Waals surface area (Å²) in [4.78, 5) is 17.5. The van der Waals surface area contributed by atoms with Gasteiger partial charge in [-0.3, -0.25) is 14.3 Å². The smallest absolute Gasteiger partial charge is 0.294 e. The van der Waals surface area contributed by atoms with Gasteiger partial charge in [0.1, 0.15) is 6.73 Å². The number of aromatic nitrogens is 2. The third-order valence-electron chi connectivity index (χ3n) is 2.99. The predicted molar refractivity (Wildman–Crippen MR) is 88.8 cm³/mol. The van der Waals surface area contributed by atoms with Crippen molar-refractivity contribution in [3.63, 3.8) is 0 Å². The molecule has 0 aliphatic heterocycles. The fourth-order valence-electron chi connectivity index (χ4n) is 1.86. The molecule has 124 valence electrons. The second kappa shape index (κ2) is 8.71. The second-order valence-electron chi connectivity index (χ2n) is 4.90. The first kappa shape index (κ1) is 17.5. The Labute approximate surface area is 139 Å². The van der Waals surface area contributed by atoms with Gasteiger partial charge in [-0.15, -0.1) is 11.8 Å². The zero-order valence-electron chi connectivity index (χ0n) is 13.4. The number of rotatable bonds is 8. The highest BCUT2D eigenvalue weighted by Crippen LogP contribution is 2.24. The second-order valence-corrected chi connectivity index (χ2v) is 5.95. The zero-order valence-corrected chi connectivity index (χ0v) is 14.3. The molecular weight excluding hydrogens is 316 g/mol. The number of nitrogens with zero attached hydrogens (tertiary/aromatic N) is 2. The lowest BCUT2D eigenvalue weighted by molar-refractivity contribution is 0.0483. The van der Waals surface area contributed by atoms with Crippen LogP contribution in [0.3, 0.4) is 0 Å². The maximum absolute atomic E-state index is 12.2. The summed E-state index contributed by atoms with van der Waals surface area (Å²) in [5, 5.41) is 0.